The lowest BCUT2D eigenvalue weighted by molar-refractivity contribution is 0.898. The monoisotopic (exact) mass is 295 g/mol. The standard InChI is InChI=1S/C12H10ClN3S2/c1-7(9-2-3-10(13)18-9)16-11-8-4-5-17-12(8)15-6-14-11/h2-7H,1H3,(H,14,15,16). The number of anilines is 1. The van der Waals surface area contributed by atoms with Gasteiger partial charge in [-0.05, 0) is 30.5 Å². The van der Waals surface area contributed by atoms with E-state index in [1.54, 1.807) is 29.0 Å². The number of halogens is 1. The summed E-state index contributed by atoms with van der Waals surface area (Å²) in [5, 5.41) is 6.50. The second kappa shape index (κ2) is 4.84. The summed E-state index contributed by atoms with van der Waals surface area (Å²) in [5.41, 5.74) is 0. The van der Waals surface area contributed by atoms with Crippen molar-refractivity contribution in [3.05, 3.63) is 39.1 Å². The van der Waals surface area contributed by atoms with Gasteiger partial charge >= 0.3 is 0 Å². The number of rotatable bonds is 3. The van der Waals surface area contributed by atoms with Crippen LogP contribution in [-0.4, -0.2) is 9.97 Å². The van der Waals surface area contributed by atoms with Gasteiger partial charge in [0.2, 0.25) is 0 Å². The first-order chi connectivity index (χ1) is 8.74. The first-order valence-electron chi connectivity index (χ1n) is 5.44. The molecule has 6 heteroatoms. The topological polar surface area (TPSA) is 37.8 Å². The Labute approximate surface area is 117 Å². The molecular weight excluding hydrogens is 286 g/mol. The van der Waals surface area contributed by atoms with Gasteiger partial charge in [0.1, 0.15) is 17.0 Å². The lowest BCUT2D eigenvalue weighted by Crippen LogP contribution is -2.06. The fraction of sp³-hybridized carbons (Fsp3) is 0.167. The van der Waals surface area contributed by atoms with Crippen LogP contribution in [-0.2, 0) is 0 Å². The molecule has 0 radical (unpaired) electrons. The smallest absolute Gasteiger partial charge is 0.138 e. The van der Waals surface area contributed by atoms with Gasteiger partial charge in [-0.15, -0.1) is 22.7 Å². The van der Waals surface area contributed by atoms with Crippen molar-refractivity contribution in [1.29, 1.82) is 0 Å². The van der Waals surface area contributed by atoms with Crippen molar-refractivity contribution >= 4 is 50.3 Å². The van der Waals surface area contributed by atoms with Crippen molar-refractivity contribution in [3.8, 4) is 0 Å². The summed E-state index contributed by atoms with van der Waals surface area (Å²) in [6.07, 6.45) is 1.59. The lowest BCUT2D eigenvalue weighted by atomic mass is 10.2. The molecule has 1 unspecified atom stereocenters. The molecule has 18 heavy (non-hydrogen) atoms. The quantitative estimate of drug-likeness (QED) is 0.768. The third kappa shape index (κ3) is 2.21. The predicted molar refractivity (Wildman–Crippen MR) is 78.8 cm³/mol. The second-order valence-corrected chi connectivity index (χ2v) is 6.51. The van der Waals surface area contributed by atoms with E-state index in [1.165, 1.54) is 4.88 Å². The van der Waals surface area contributed by atoms with E-state index in [4.69, 9.17) is 11.6 Å². The van der Waals surface area contributed by atoms with Gasteiger partial charge in [-0.3, -0.25) is 0 Å². The SMILES string of the molecule is CC(Nc1ncnc2sccc12)c1ccc(Cl)s1. The molecule has 0 bridgehead atoms. The molecule has 3 heterocycles. The van der Waals surface area contributed by atoms with Crippen LogP contribution in [0.15, 0.2) is 29.9 Å². The zero-order chi connectivity index (χ0) is 12.5. The summed E-state index contributed by atoms with van der Waals surface area (Å²) in [6, 6.07) is 6.17. The van der Waals surface area contributed by atoms with Crippen LogP contribution in [0.3, 0.4) is 0 Å². The Morgan fingerprint density at radius 2 is 2.17 bits per heavy atom. The Balaban J connectivity index is 1.90. The van der Waals surface area contributed by atoms with E-state index >= 15 is 0 Å². The molecule has 1 N–H and O–H groups in total. The molecule has 0 saturated heterocycles. The molecule has 0 spiro atoms. The zero-order valence-corrected chi connectivity index (χ0v) is 11.9. The van der Waals surface area contributed by atoms with Crippen molar-refractivity contribution < 1.29 is 0 Å². The third-order valence-corrected chi connectivity index (χ3v) is 4.87. The van der Waals surface area contributed by atoms with Crippen molar-refractivity contribution in [2.45, 2.75) is 13.0 Å². The summed E-state index contributed by atoms with van der Waals surface area (Å²) in [6.45, 7) is 2.10. The molecule has 0 saturated carbocycles. The summed E-state index contributed by atoms with van der Waals surface area (Å²) in [7, 11) is 0. The Bertz CT molecular complexity index is 677. The molecule has 0 aliphatic heterocycles. The number of nitrogens with zero attached hydrogens (tertiary/aromatic N) is 2. The van der Waals surface area contributed by atoms with Crippen LogP contribution in [0.4, 0.5) is 5.82 Å². The van der Waals surface area contributed by atoms with E-state index < -0.39 is 0 Å². The second-order valence-electron chi connectivity index (χ2n) is 3.87. The Kier molecular flexibility index (Phi) is 3.20. The minimum absolute atomic E-state index is 0.181. The maximum atomic E-state index is 5.95. The molecule has 3 aromatic rings. The largest absolute Gasteiger partial charge is 0.362 e. The molecule has 1 atom stereocenters. The van der Waals surface area contributed by atoms with Gasteiger partial charge in [-0.2, -0.15) is 0 Å². The van der Waals surface area contributed by atoms with E-state index in [0.29, 0.717) is 0 Å². The number of hydrogen-bond acceptors (Lipinski definition) is 5. The van der Waals surface area contributed by atoms with E-state index in [9.17, 15) is 0 Å². The highest BCUT2D eigenvalue weighted by Gasteiger charge is 2.11. The maximum absolute atomic E-state index is 5.95. The molecule has 3 aromatic heterocycles. The first kappa shape index (κ1) is 11.9. The maximum Gasteiger partial charge on any atom is 0.138 e. The van der Waals surface area contributed by atoms with Crippen molar-refractivity contribution in [2.24, 2.45) is 0 Å². The van der Waals surface area contributed by atoms with Crippen LogP contribution < -0.4 is 5.32 Å². The van der Waals surface area contributed by atoms with Crippen LogP contribution in [0, 0.1) is 0 Å². The van der Waals surface area contributed by atoms with Gasteiger partial charge in [0.25, 0.3) is 0 Å². The van der Waals surface area contributed by atoms with Crippen LogP contribution in [0.25, 0.3) is 10.2 Å². The first-order valence-corrected chi connectivity index (χ1v) is 7.51. The molecule has 3 nitrogen and oxygen atoms in total. The van der Waals surface area contributed by atoms with Crippen molar-refractivity contribution in [2.75, 3.05) is 5.32 Å². The van der Waals surface area contributed by atoms with Gasteiger partial charge in [0, 0.05) is 4.88 Å². The fourth-order valence-electron chi connectivity index (χ4n) is 1.74. The minimum Gasteiger partial charge on any atom is -0.362 e. The van der Waals surface area contributed by atoms with Crippen molar-refractivity contribution in [3.63, 3.8) is 0 Å². The Morgan fingerprint density at radius 1 is 1.28 bits per heavy atom. The van der Waals surface area contributed by atoms with Crippen LogP contribution in [0.1, 0.15) is 17.8 Å². The van der Waals surface area contributed by atoms with E-state index in [-0.39, 0.29) is 6.04 Å². The lowest BCUT2D eigenvalue weighted by Gasteiger charge is -2.13. The van der Waals surface area contributed by atoms with Crippen LogP contribution >= 0.6 is 34.3 Å². The molecule has 0 aliphatic carbocycles. The summed E-state index contributed by atoms with van der Waals surface area (Å²) < 4.78 is 0.807. The van der Waals surface area contributed by atoms with E-state index in [0.717, 1.165) is 20.4 Å². The van der Waals surface area contributed by atoms with Gasteiger partial charge in [0.15, 0.2) is 0 Å². The molecule has 3 rings (SSSR count). The summed E-state index contributed by atoms with van der Waals surface area (Å²) in [4.78, 5) is 10.7. The van der Waals surface area contributed by atoms with E-state index in [2.05, 4.69) is 22.2 Å². The normalized spacial score (nSPS) is 12.8. The number of nitrogens with one attached hydrogen (secondary N) is 1. The van der Waals surface area contributed by atoms with Crippen molar-refractivity contribution in [1.82, 2.24) is 9.97 Å². The Morgan fingerprint density at radius 3 is 2.94 bits per heavy atom. The van der Waals surface area contributed by atoms with Gasteiger partial charge < -0.3 is 5.32 Å². The van der Waals surface area contributed by atoms with Crippen LogP contribution in [0.2, 0.25) is 4.34 Å². The molecule has 0 aliphatic rings. The molecule has 0 aromatic carbocycles. The average Bonchev–Trinajstić information content (AvgIpc) is 2.97. The number of aromatic nitrogens is 2. The highest BCUT2D eigenvalue weighted by molar-refractivity contribution is 7.17. The Hall–Kier alpha value is -1.17. The number of fused-ring (bicyclic) bond motifs is 1. The highest BCUT2D eigenvalue weighted by atomic mass is 35.5. The molecule has 0 amide bonds. The molecular formula is C12H10ClN3S2. The number of hydrogen-bond donors (Lipinski definition) is 1. The molecule has 0 fully saturated rings. The highest BCUT2D eigenvalue weighted by Crippen LogP contribution is 2.31. The minimum atomic E-state index is 0.181. The zero-order valence-electron chi connectivity index (χ0n) is 9.55. The van der Waals surface area contributed by atoms with E-state index in [1.807, 2.05) is 23.6 Å². The predicted octanol–water partition coefficient (Wildman–Crippen LogP) is 4.58. The fourth-order valence-corrected chi connectivity index (χ4v) is 3.54. The van der Waals surface area contributed by atoms with Gasteiger partial charge in [-0.1, -0.05) is 11.6 Å². The van der Waals surface area contributed by atoms with Crippen LogP contribution in [0.5, 0.6) is 0 Å². The summed E-state index contributed by atoms with van der Waals surface area (Å²) in [5.74, 6) is 0.873. The summed E-state index contributed by atoms with van der Waals surface area (Å²) >= 11 is 9.16. The molecule has 92 valence electrons. The number of thiophene rings is 2. The average molecular weight is 296 g/mol. The third-order valence-electron chi connectivity index (χ3n) is 2.64. The van der Waals surface area contributed by atoms with Gasteiger partial charge in [0.05, 0.1) is 15.8 Å². The van der Waals surface area contributed by atoms with Gasteiger partial charge in [-0.25, -0.2) is 9.97 Å².